The van der Waals surface area contributed by atoms with E-state index < -0.39 is 12.2 Å². The Balaban J connectivity index is 2.33. The molecule has 1 aromatic carbocycles. The first-order valence-corrected chi connectivity index (χ1v) is 4.91. The van der Waals surface area contributed by atoms with Gasteiger partial charge in [-0.15, -0.1) is 13.2 Å². The Kier molecular flexibility index (Phi) is 3.18. The summed E-state index contributed by atoms with van der Waals surface area (Å²) in [6, 6.07) is 6.45. The lowest BCUT2D eigenvalue weighted by Gasteiger charge is -2.10. The predicted molar refractivity (Wildman–Crippen MR) is 56.3 cm³/mol. The molecule has 2 rings (SSSR count). The van der Waals surface area contributed by atoms with Gasteiger partial charge >= 0.3 is 6.36 Å². The first kappa shape index (κ1) is 12.3. The SMILES string of the molecule is Fc1cncc(-c2cccc(OC(F)(F)F)c2)c1. The number of aromatic nitrogens is 1. The van der Waals surface area contributed by atoms with Crippen molar-refractivity contribution in [2.45, 2.75) is 6.36 Å². The fourth-order valence-corrected chi connectivity index (χ4v) is 1.44. The summed E-state index contributed by atoms with van der Waals surface area (Å²) >= 11 is 0. The average Bonchev–Trinajstić information content (AvgIpc) is 2.27. The van der Waals surface area contributed by atoms with E-state index in [9.17, 15) is 17.6 Å². The summed E-state index contributed by atoms with van der Waals surface area (Å²) in [5.41, 5.74) is 0.770. The zero-order valence-corrected chi connectivity index (χ0v) is 8.91. The lowest BCUT2D eigenvalue weighted by Crippen LogP contribution is -2.17. The zero-order valence-electron chi connectivity index (χ0n) is 8.91. The van der Waals surface area contributed by atoms with Crippen molar-refractivity contribution in [3.05, 3.63) is 48.5 Å². The van der Waals surface area contributed by atoms with Crippen LogP contribution in [0.15, 0.2) is 42.7 Å². The number of alkyl halides is 3. The quantitative estimate of drug-likeness (QED) is 0.764. The molecule has 0 unspecified atom stereocenters. The molecule has 0 saturated carbocycles. The van der Waals surface area contributed by atoms with Gasteiger partial charge in [-0.05, 0) is 23.8 Å². The summed E-state index contributed by atoms with van der Waals surface area (Å²) in [7, 11) is 0. The van der Waals surface area contributed by atoms with Crippen molar-refractivity contribution in [3.8, 4) is 16.9 Å². The summed E-state index contributed by atoms with van der Waals surface area (Å²) in [6.07, 6.45) is -2.38. The largest absolute Gasteiger partial charge is 0.573 e. The second-order valence-electron chi connectivity index (χ2n) is 3.47. The Hall–Kier alpha value is -2.11. The van der Waals surface area contributed by atoms with Gasteiger partial charge in [0.2, 0.25) is 0 Å². The number of hydrogen-bond donors (Lipinski definition) is 0. The maximum Gasteiger partial charge on any atom is 0.573 e. The molecule has 6 heteroatoms. The van der Waals surface area contributed by atoms with Crippen LogP contribution < -0.4 is 4.74 Å². The highest BCUT2D eigenvalue weighted by atomic mass is 19.4. The molecule has 0 amide bonds. The molecule has 18 heavy (non-hydrogen) atoms. The Morgan fingerprint density at radius 2 is 1.78 bits per heavy atom. The number of hydrogen-bond acceptors (Lipinski definition) is 2. The molecule has 0 N–H and O–H groups in total. The van der Waals surface area contributed by atoms with E-state index in [1.54, 1.807) is 6.07 Å². The Morgan fingerprint density at radius 1 is 1.00 bits per heavy atom. The fourth-order valence-electron chi connectivity index (χ4n) is 1.44. The molecule has 0 fully saturated rings. The van der Waals surface area contributed by atoms with Gasteiger partial charge in [0.05, 0.1) is 6.20 Å². The van der Waals surface area contributed by atoms with Gasteiger partial charge in [0.1, 0.15) is 11.6 Å². The normalized spacial score (nSPS) is 11.3. The van der Waals surface area contributed by atoms with Crippen molar-refractivity contribution in [1.29, 1.82) is 0 Å². The van der Waals surface area contributed by atoms with Gasteiger partial charge in [-0.3, -0.25) is 4.98 Å². The Labute approximate surface area is 99.8 Å². The Bertz CT molecular complexity index is 554. The topological polar surface area (TPSA) is 22.1 Å². The van der Waals surface area contributed by atoms with Gasteiger partial charge in [-0.25, -0.2) is 4.39 Å². The smallest absolute Gasteiger partial charge is 0.406 e. The van der Waals surface area contributed by atoms with Crippen LogP contribution in [0, 0.1) is 5.82 Å². The third kappa shape index (κ3) is 3.19. The maximum atomic E-state index is 13.0. The summed E-state index contributed by atoms with van der Waals surface area (Å²) in [5.74, 6) is -0.918. The minimum Gasteiger partial charge on any atom is -0.406 e. The van der Waals surface area contributed by atoms with Crippen LogP contribution in [0.5, 0.6) is 5.75 Å². The van der Waals surface area contributed by atoms with Crippen molar-refractivity contribution >= 4 is 0 Å². The second kappa shape index (κ2) is 4.64. The van der Waals surface area contributed by atoms with Crippen molar-refractivity contribution in [2.75, 3.05) is 0 Å². The molecule has 94 valence electrons. The molecular formula is C12H7F4NO. The van der Waals surface area contributed by atoms with E-state index >= 15 is 0 Å². The van der Waals surface area contributed by atoms with E-state index in [2.05, 4.69) is 9.72 Å². The van der Waals surface area contributed by atoms with Crippen molar-refractivity contribution in [1.82, 2.24) is 4.98 Å². The molecule has 2 aromatic rings. The molecule has 0 bridgehead atoms. The minimum atomic E-state index is -4.75. The molecule has 0 aliphatic heterocycles. The predicted octanol–water partition coefficient (Wildman–Crippen LogP) is 3.79. The minimum absolute atomic E-state index is 0.357. The first-order chi connectivity index (χ1) is 8.44. The molecule has 0 aliphatic rings. The van der Waals surface area contributed by atoms with E-state index in [-0.39, 0.29) is 5.75 Å². The van der Waals surface area contributed by atoms with E-state index in [4.69, 9.17) is 0 Å². The maximum absolute atomic E-state index is 13.0. The Morgan fingerprint density at radius 3 is 2.44 bits per heavy atom. The summed E-state index contributed by atoms with van der Waals surface area (Å²) in [4.78, 5) is 3.63. The van der Waals surface area contributed by atoms with Gasteiger partial charge < -0.3 is 4.74 Å². The number of nitrogens with zero attached hydrogens (tertiary/aromatic N) is 1. The van der Waals surface area contributed by atoms with Crippen LogP contribution in [0.25, 0.3) is 11.1 Å². The van der Waals surface area contributed by atoms with Gasteiger partial charge in [0.15, 0.2) is 0 Å². The van der Waals surface area contributed by atoms with Crippen LogP contribution >= 0.6 is 0 Å². The van der Waals surface area contributed by atoms with Gasteiger partial charge in [0, 0.05) is 11.8 Å². The van der Waals surface area contributed by atoms with Crippen LogP contribution in [-0.2, 0) is 0 Å². The van der Waals surface area contributed by atoms with Crippen LogP contribution in [0.4, 0.5) is 17.6 Å². The first-order valence-electron chi connectivity index (χ1n) is 4.91. The van der Waals surface area contributed by atoms with E-state index in [1.807, 2.05) is 0 Å². The zero-order chi connectivity index (χ0) is 13.2. The molecule has 0 spiro atoms. The molecule has 1 heterocycles. The van der Waals surface area contributed by atoms with E-state index in [0.29, 0.717) is 11.1 Å². The number of ether oxygens (including phenoxy) is 1. The number of pyridine rings is 1. The molecule has 0 atom stereocenters. The summed E-state index contributed by atoms with van der Waals surface area (Å²) in [5, 5.41) is 0. The highest BCUT2D eigenvalue weighted by Crippen LogP contribution is 2.27. The third-order valence-electron chi connectivity index (χ3n) is 2.11. The van der Waals surface area contributed by atoms with Gasteiger partial charge in [-0.1, -0.05) is 12.1 Å². The molecule has 1 aromatic heterocycles. The lowest BCUT2D eigenvalue weighted by atomic mass is 10.1. The molecule has 0 aliphatic carbocycles. The molecule has 0 radical (unpaired) electrons. The van der Waals surface area contributed by atoms with E-state index in [0.717, 1.165) is 6.20 Å². The van der Waals surface area contributed by atoms with Crippen LogP contribution in [-0.4, -0.2) is 11.3 Å². The summed E-state index contributed by atoms with van der Waals surface area (Å²) < 4.78 is 52.9. The molecule has 2 nitrogen and oxygen atoms in total. The third-order valence-corrected chi connectivity index (χ3v) is 2.11. The van der Waals surface area contributed by atoms with Crippen molar-refractivity contribution < 1.29 is 22.3 Å². The average molecular weight is 257 g/mol. The van der Waals surface area contributed by atoms with Crippen LogP contribution in [0.3, 0.4) is 0 Å². The second-order valence-corrected chi connectivity index (χ2v) is 3.47. The van der Waals surface area contributed by atoms with Crippen LogP contribution in [0.2, 0.25) is 0 Å². The number of benzene rings is 1. The number of halogens is 4. The lowest BCUT2D eigenvalue weighted by molar-refractivity contribution is -0.274. The van der Waals surface area contributed by atoms with Crippen molar-refractivity contribution in [2.24, 2.45) is 0 Å². The molecule has 0 saturated heterocycles. The van der Waals surface area contributed by atoms with Gasteiger partial charge in [0.25, 0.3) is 0 Å². The van der Waals surface area contributed by atoms with Crippen molar-refractivity contribution in [3.63, 3.8) is 0 Å². The van der Waals surface area contributed by atoms with E-state index in [1.165, 1.54) is 30.5 Å². The number of rotatable bonds is 2. The fraction of sp³-hybridized carbons (Fsp3) is 0.0833. The van der Waals surface area contributed by atoms with Crippen LogP contribution in [0.1, 0.15) is 0 Å². The summed E-state index contributed by atoms with van der Waals surface area (Å²) in [6.45, 7) is 0. The monoisotopic (exact) mass is 257 g/mol. The highest BCUT2D eigenvalue weighted by Gasteiger charge is 2.31. The highest BCUT2D eigenvalue weighted by molar-refractivity contribution is 5.64. The standard InChI is InChI=1S/C12H7F4NO/c13-10-4-9(6-17-7-10)8-2-1-3-11(5-8)18-12(14,15)16/h1-7H. The van der Waals surface area contributed by atoms with Gasteiger partial charge in [-0.2, -0.15) is 0 Å². The molecular weight excluding hydrogens is 250 g/mol.